The largest absolute Gasteiger partial charge is 0.478 e. The predicted molar refractivity (Wildman–Crippen MR) is 55.4 cm³/mol. The summed E-state index contributed by atoms with van der Waals surface area (Å²) in [6.45, 7) is 3.77. The summed E-state index contributed by atoms with van der Waals surface area (Å²) >= 11 is 0. The average molecular weight is 192 g/mol. The Bertz CT molecular complexity index is 295. The number of hydrogen-bond acceptors (Lipinski definition) is 3. The van der Waals surface area contributed by atoms with Crippen LogP contribution in [-0.4, -0.2) is 18.1 Å². The zero-order valence-electron chi connectivity index (χ0n) is 8.49. The number of ether oxygens (including phenoxy) is 1. The molecule has 3 heteroatoms. The van der Waals surface area contributed by atoms with Crippen LogP contribution in [0.15, 0.2) is 18.3 Å². The first-order valence-corrected chi connectivity index (χ1v) is 5.23. The molecule has 0 radical (unpaired) electrons. The summed E-state index contributed by atoms with van der Waals surface area (Å²) in [5.41, 5.74) is 1.20. The highest BCUT2D eigenvalue weighted by Crippen LogP contribution is 2.28. The Morgan fingerprint density at radius 1 is 1.64 bits per heavy atom. The molecule has 3 nitrogen and oxygen atoms in total. The first-order valence-electron chi connectivity index (χ1n) is 5.23. The second-order valence-corrected chi connectivity index (χ2v) is 3.48. The summed E-state index contributed by atoms with van der Waals surface area (Å²) in [5.74, 6) is 0.786. The van der Waals surface area contributed by atoms with Gasteiger partial charge in [0.2, 0.25) is 5.88 Å². The van der Waals surface area contributed by atoms with Crippen LogP contribution >= 0.6 is 0 Å². The van der Waals surface area contributed by atoms with Gasteiger partial charge in [-0.15, -0.1) is 0 Å². The highest BCUT2D eigenvalue weighted by molar-refractivity contribution is 5.29. The van der Waals surface area contributed by atoms with Crippen molar-refractivity contribution in [1.29, 1.82) is 0 Å². The van der Waals surface area contributed by atoms with E-state index in [0.717, 1.165) is 12.4 Å². The summed E-state index contributed by atoms with van der Waals surface area (Å²) in [4.78, 5) is 4.25. The zero-order chi connectivity index (χ0) is 9.80. The Hall–Kier alpha value is -1.09. The van der Waals surface area contributed by atoms with Crippen molar-refractivity contribution in [2.75, 3.05) is 13.2 Å². The van der Waals surface area contributed by atoms with Crippen LogP contribution in [0.1, 0.15) is 31.4 Å². The third-order valence-corrected chi connectivity index (χ3v) is 2.52. The van der Waals surface area contributed by atoms with Gasteiger partial charge in [0.1, 0.15) is 0 Å². The number of aromatic nitrogens is 1. The molecule has 0 aromatic carbocycles. The quantitative estimate of drug-likeness (QED) is 0.794. The summed E-state index contributed by atoms with van der Waals surface area (Å²) in [6.07, 6.45) is 4.21. The van der Waals surface area contributed by atoms with Crippen molar-refractivity contribution in [3.05, 3.63) is 23.9 Å². The van der Waals surface area contributed by atoms with E-state index >= 15 is 0 Å². The molecule has 1 aliphatic rings. The van der Waals surface area contributed by atoms with Gasteiger partial charge >= 0.3 is 0 Å². The smallest absolute Gasteiger partial charge is 0.218 e. The van der Waals surface area contributed by atoms with E-state index in [4.69, 9.17) is 4.74 Å². The fraction of sp³-hybridized carbons (Fsp3) is 0.545. The van der Waals surface area contributed by atoms with E-state index in [1.807, 2.05) is 13.0 Å². The Kier molecular flexibility index (Phi) is 2.99. The molecule has 0 aliphatic carbocycles. The van der Waals surface area contributed by atoms with Crippen LogP contribution in [0.5, 0.6) is 5.88 Å². The molecule has 0 amide bonds. The van der Waals surface area contributed by atoms with Gasteiger partial charge in [0.25, 0.3) is 0 Å². The van der Waals surface area contributed by atoms with E-state index in [1.165, 1.54) is 18.4 Å². The Balaban J connectivity index is 2.21. The maximum Gasteiger partial charge on any atom is 0.218 e. The molecule has 1 atom stereocenters. The number of nitrogens with one attached hydrogen (secondary N) is 1. The van der Waals surface area contributed by atoms with Crippen molar-refractivity contribution >= 4 is 0 Å². The number of rotatable bonds is 3. The number of nitrogens with zero attached hydrogens (tertiary/aromatic N) is 1. The van der Waals surface area contributed by atoms with Crippen LogP contribution in [0.4, 0.5) is 0 Å². The Morgan fingerprint density at radius 3 is 3.29 bits per heavy atom. The van der Waals surface area contributed by atoms with Gasteiger partial charge in [-0.25, -0.2) is 4.98 Å². The molecule has 0 bridgehead atoms. The van der Waals surface area contributed by atoms with Crippen molar-refractivity contribution in [1.82, 2.24) is 10.3 Å². The molecule has 1 saturated heterocycles. The predicted octanol–water partition coefficient (Wildman–Crippen LogP) is 1.90. The van der Waals surface area contributed by atoms with Crippen molar-refractivity contribution in [2.45, 2.75) is 25.8 Å². The van der Waals surface area contributed by atoms with Gasteiger partial charge in [0.15, 0.2) is 0 Å². The third-order valence-electron chi connectivity index (χ3n) is 2.52. The summed E-state index contributed by atoms with van der Waals surface area (Å²) < 4.78 is 5.50. The second kappa shape index (κ2) is 4.42. The molecule has 2 heterocycles. The molecule has 1 aromatic rings. The monoisotopic (exact) mass is 192 g/mol. The van der Waals surface area contributed by atoms with Crippen LogP contribution in [-0.2, 0) is 0 Å². The fourth-order valence-corrected chi connectivity index (χ4v) is 1.88. The van der Waals surface area contributed by atoms with E-state index in [9.17, 15) is 0 Å². The van der Waals surface area contributed by atoms with Crippen LogP contribution in [0.25, 0.3) is 0 Å². The average Bonchev–Trinajstić information content (AvgIpc) is 2.72. The summed E-state index contributed by atoms with van der Waals surface area (Å²) in [6, 6.07) is 4.50. The lowest BCUT2D eigenvalue weighted by atomic mass is 10.1. The van der Waals surface area contributed by atoms with Crippen LogP contribution in [0, 0.1) is 0 Å². The lowest BCUT2D eigenvalue weighted by molar-refractivity contribution is 0.319. The third kappa shape index (κ3) is 1.87. The van der Waals surface area contributed by atoms with E-state index in [2.05, 4.69) is 16.4 Å². The molecule has 1 N–H and O–H groups in total. The lowest BCUT2D eigenvalue weighted by Crippen LogP contribution is -2.14. The Labute approximate surface area is 84.5 Å². The van der Waals surface area contributed by atoms with Crippen molar-refractivity contribution in [2.24, 2.45) is 0 Å². The molecular weight excluding hydrogens is 176 g/mol. The topological polar surface area (TPSA) is 34.1 Å². The van der Waals surface area contributed by atoms with E-state index in [1.54, 1.807) is 6.20 Å². The number of pyridine rings is 1. The van der Waals surface area contributed by atoms with Gasteiger partial charge in [-0.3, -0.25) is 0 Å². The van der Waals surface area contributed by atoms with Gasteiger partial charge in [-0.05, 0) is 32.4 Å². The molecule has 1 fully saturated rings. The van der Waals surface area contributed by atoms with Crippen molar-refractivity contribution in [3.63, 3.8) is 0 Å². The Morgan fingerprint density at radius 2 is 2.57 bits per heavy atom. The van der Waals surface area contributed by atoms with Gasteiger partial charge < -0.3 is 10.1 Å². The van der Waals surface area contributed by atoms with E-state index in [0.29, 0.717) is 12.6 Å². The molecule has 76 valence electrons. The normalized spacial score (nSPS) is 21.1. The molecule has 0 unspecified atom stereocenters. The molecule has 0 spiro atoms. The van der Waals surface area contributed by atoms with Gasteiger partial charge in [0, 0.05) is 17.8 Å². The summed E-state index contributed by atoms with van der Waals surface area (Å²) in [7, 11) is 0. The molecule has 2 rings (SSSR count). The standard InChI is InChI=1S/C11H16N2O/c1-2-14-11-9(5-3-8-13-11)10-6-4-7-12-10/h3,5,8,10,12H,2,4,6-7H2,1H3/t10-/m1/s1. The highest BCUT2D eigenvalue weighted by Gasteiger charge is 2.20. The maximum absolute atomic E-state index is 5.50. The fourth-order valence-electron chi connectivity index (χ4n) is 1.88. The lowest BCUT2D eigenvalue weighted by Gasteiger charge is -2.14. The van der Waals surface area contributed by atoms with Crippen LogP contribution in [0.3, 0.4) is 0 Å². The zero-order valence-corrected chi connectivity index (χ0v) is 8.49. The summed E-state index contributed by atoms with van der Waals surface area (Å²) in [5, 5.41) is 3.45. The minimum absolute atomic E-state index is 0.435. The number of hydrogen-bond donors (Lipinski definition) is 1. The first-order chi connectivity index (χ1) is 6.92. The van der Waals surface area contributed by atoms with Gasteiger partial charge in [0.05, 0.1) is 6.61 Å². The van der Waals surface area contributed by atoms with Crippen LogP contribution in [0.2, 0.25) is 0 Å². The minimum Gasteiger partial charge on any atom is -0.478 e. The SMILES string of the molecule is CCOc1ncccc1[C@H]1CCCN1. The second-order valence-electron chi connectivity index (χ2n) is 3.48. The molecule has 1 aromatic heterocycles. The van der Waals surface area contributed by atoms with Gasteiger partial charge in [-0.1, -0.05) is 6.07 Å². The molecule has 1 aliphatic heterocycles. The van der Waals surface area contributed by atoms with Crippen molar-refractivity contribution < 1.29 is 4.74 Å². The molecule has 14 heavy (non-hydrogen) atoms. The first kappa shape index (κ1) is 9.46. The van der Waals surface area contributed by atoms with Gasteiger partial charge in [-0.2, -0.15) is 0 Å². The van der Waals surface area contributed by atoms with Crippen molar-refractivity contribution in [3.8, 4) is 5.88 Å². The van der Waals surface area contributed by atoms with E-state index in [-0.39, 0.29) is 0 Å². The molecular formula is C11H16N2O. The minimum atomic E-state index is 0.435. The highest BCUT2D eigenvalue weighted by atomic mass is 16.5. The van der Waals surface area contributed by atoms with E-state index < -0.39 is 0 Å². The van der Waals surface area contributed by atoms with Crippen LogP contribution < -0.4 is 10.1 Å². The molecule has 0 saturated carbocycles. The maximum atomic E-state index is 5.50.